The van der Waals surface area contributed by atoms with Gasteiger partial charge in [-0.3, -0.25) is 9.59 Å². The van der Waals surface area contributed by atoms with E-state index in [1.165, 1.54) is 0 Å². The van der Waals surface area contributed by atoms with Gasteiger partial charge in [0, 0.05) is 37.7 Å². The van der Waals surface area contributed by atoms with E-state index in [0.717, 1.165) is 0 Å². The molecule has 0 aliphatic carbocycles. The highest BCUT2D eigenvalue weighted by Crippen LogP contribution is 2.24. The second-order valence-corrected chi connectivity index (χ2v) is 6.61. The molecule has 0 unspecified atom stereocenters. The van der Waals surface area contributed by atoms with Crippen LogP contribution < -0.4 is 0 Å². The van der Waals surface area contributed by atoms with E-state index < -0.39 is 0 Å². The number of aromatic nitrogens is 1. The first-order chi connectivity index (χ1) is 12.0. The molecule has 0 spiro atoms. The summed E-state index contributed by atoms with van der Waals surface area (Å²) in [6, 6.07) is 9.23. The zero-order valence-electron chi connectivity index (χ0n) is 14.9. The topological polar surface area (TPSA) is 66.7 Å². The minimum atomic E-state index is -0.0609. The molecule has 3 rings (SSSR count). The zero-order valence-corrected chi connectivity index (χ0v) is 14.9. The second-order valence-electron chi connectivity index (χ2n) is 6.61. The van der Waals surface area contributed by atoms with Gasteiger partial charge in [0.05, 0.1) is 5.69 Å². The third-order valence-corrected chi connectivity index (χ3v) is 4.50. The molecule has 0 bridgehead atoms. The van der Waals surface area contributed by atoms with Crippen LogP contribution >= 0.6 is 0 Å². The van der Waals surface area contributed by atoms with Gasteiger partial charge in [-0.05, 0) is 19.1 Å². The summed E-state index contributed by atoms with van der Waals surface area (Å²) < 4.78 is 5.32. The van der Waals surface area contributed by atoms with Crippen molar-refractivity contribution in [3.05, 3.63) is 52.9 Å². The molecule has 6 nitrogen and oxygen atoms in total. The van der Waals surface area contributed by atoms with Crippen LogP contribution in [0.25, 0.3) is 0 Å². The van der Waals surface area contributed by atoms with Crippen LogP contribution in [-0.4, -0.2) is 52.9 Å². The van der Waals surface area contributed by atoms with Gasteiger partial charge in [0.2, 0.25) is 0 Å². The first kappa shape index (κ1) is 17.2. The van der Waals surface area contributed by atoms with Crippen molar-refractivity contribution in [1.82, 2.24) is 15.0 Å². The number of hydrogen-bond donors (Lipinski definition) is 0. The molecule has 6 heteroatoms. The quantitative estimate of drug-likeness (QED) is 0.861. The molecule has 2 heterocycles. The number of benzene rings is 1. The Morgan fingerprint density at radius 3 is 2.12 bits per heavy atom. The van der Waals surface area contributed by atoms with Crippen molar-refractivity contribution in [2.24, 2.45) is 0 Å². The Morgan fingerprint density at radius 1 is 1.00 bits per heavy atom. The van der Waals surface area contributed by atoms with E-state index >= 15 is 0 Å². The molecular weight excluding hydrogens is 318 g/mol. The third kappa shape index (κ3) is 3.43. The van der Waals surface area contributed by atoms with Crippen molar-refractivity contribution in [1.29, 1.82) is 0 Å². The lowest BCUT2D eigenvalue weighted by molar-refractivity contribution is 0.0533. The van der Waals surface area contributed by atoms with Crippen LogP contribution in [0.5, 0.6) is 0 Å². The fourth-order valence-electron chi connectivity index (χ4n) is 3.08. The molecule has 132 valence electrons. The SMILES string of the molecule is Cc1noc(C(C)C)c1C(=O)N1CCN(C(=O)c2ccccc2)CC1. The monoisotopic (exact) mass is 341 g/mol. The molecule has 25 heavy (non-hydrogen) atoms. The number of carbonyl (C=O) groups is 2. The summed E-state index contributed by atoms with van der Waals surface area (Å²) in [4.78, 5) is 28.9. The van der Waals surface area contributed by atoms with Crippen LogP contribution in [0.15, 0.2) is 34.9 Å². The first-order valence-electron chi connectivity index (χ1n) is 8.58. The number of hydrogen-bond acceptors (Lipinski definition) is 4. The van der Waals surface area contributed by atoms with Gasteiger partial charge in [-0.2, -0.15) is 0 Å². The lowest BCUT2D eigenvalue weighted by Gasteiger charge is -2.34. The van der Waals surface area contributed by atoms with Crippen molar-refractivity contribution in [3.8, 4) is 0 Å². The van der Waals surface area contributed by atoms with Crippen molar-refractivity contribution >= 4 is 11.8 Å². The van der Waals surface area contributed by atoms with Crippen LogP contribution in [0.3, 0.4) is 0 Å². The number of nitrogens with zero attached hydrogens (tertiary/aromatic N) is 3. The van der Waals surface area contributed by atoms with E-state index in [1.807, 2.05) is 44.2 Å². The average Bonchev–Trinajstić information content (AvgIpc) is 3.03. The summed E-state index contributed by atoms with van der Waals surface area (Å²) in [5, 5.41) is 3.95. The van der Waals surface area contributed by atoms with Gasteiger partial charge in [0.25, 0.3) is 11.8 Å². The van der Waals surface area contributed by atoms with Crippen LogP contribution in [0.4, 0.5) is 0 Å². The molecule has 0 saturated carbocycles. The Hall–Kier alpha value is -2.63. The molecule has 0 radical (unpaired) electrons. The minimum Gasteiger partial charge on any atom is -0.360 e. The molecule has 0 N–H and O–H groups in total. The normalized spacial score (nSPS) is 14.9. The molecule has 1 aliphatic rings. The predicted molar refractivity (Wildman–Crippen MR) is 93.6 cm³/mol. The van der Waals surface area contributed by atoms with Crippen molar-refractivity contribution in [2.45, 2.75) is 26.7 Å². The van der Waals surface area contributed by atoms with Crippen LogP contribution in [-0.2, 0) is 0 Å². The zero-order chi connectivity index (χ0) is 18.0. The number of rotatable bonds is 3. The van der Waals surface area contributed by atoms with E-state index in [2.05, 4.69) is 5.16 Å². The van der Waals surface area contributed by atoms with E-state index in [9.17, 15) is 9.59 Å². The Bertz CT molecular complexity index is 759. The summed E-state index contributed by atoms with van der Waals surface area (Å²) in [5.74, 6) is 0.678. The van der Waals surface area contributed by atoms with E-state index in [0.29, 0.717) is 48.8 Å². The number of amides is 2. The predicted octanol–water partition coefficient (Wildman–Crippen LogP) is 2.70. The van der Waals surface area contributed by atoms with Crippen molar-refractivity contribution in [2.75, 3.05) is 26.2 Å². The van der Waals surface area contributed by atoms with Gasteiger partial charge in [-0.15, -0.1) is 0 Å². The van der Waals surface area contributed by atoms with Gasteiger partial charge in [-0.1, -0.05) is 37.2 Å². The van der Waals surface area contributed by atoms with Crippen LogP contribution in [0, 0.1) is 6.92 Å². The number of aryl methyl sites for hydroxylation is 1. The standard InChI is InChI=1S/C19H23N3O3/c1-13(2)17-16(14(3)20-25-17)19(24)22-11-9-21(10-12-22)18(23)15-7-5-4-6-8-15/h4-8,13H,9-12H2,1-3H3. The maximum Gasteiger partial charge on any atom is 0.259 e. The fourth-order valence-corrected chi connectivity index (χ4v) is 3.08. The molecule has 1 aliphatic heterocycles. The third-order valence-electron chi connectivity index (χ3n) is 4.50. The number of piperazine rings is 1. The van der Waals surface area contributed by atoms with E-state index in [-0.39, 0.29) is 17.7 Å². The average molecular weight is 341 g/mol. The highest BCUT2D eigenvalue weighted by atomic mass is 16.5. The highest BCUT2D eigenvalue weighted by Gasteiger charge is 2.30. The summed E-state index contributed by atoms with van der Waals surface area (Å²) >= 11 is 0. The highest BCUT2D eigenvalue weighted by molar-refractivity contribution is 5.97. The van der Waals surface area contributed by atoms with Gasteiger partial charge >= 0.3 is 0 Å². The summed E-state index contributed by atoms with van der Waals surface area (Å²) in [6.07, 6.45) is 0. The van der Waals surface area contributed by atoms with E-state index in [4.69, 9.17) is 4.52 Å². The molecule has 0 atom stereocenters. The molecule has 1 aromatic carbocycles. The largest absolute Gasteiger partial charge is 0.360 e. The van der Waals surface area contributed by atoms with Gasteiger partial charge in [0.1, 0.15) is 5.56 Å². The van der Waals surface area contributed by atoms with Crippen LogP contribution in [0.1, 0.15) is 51.9 Å². The van der Waals surface area contributed by atoms with E-state index in [1.54, 1.807) is 16.7 Å². The molecular formula is C19H23N3O3. The Labute approximate surface area is 147 Å². The lowest BCUT2D eigenvalue weighted by Crippen LogP contribution is -2.50. The molecule has 2 amide bonds. The maximum absolute atomic E-state index is 12.9. The molecule has 2 aromatic rings. The molecule has 1 aromatic heterocycles. The van der Waals surface area contributed by atoms with Gasteiger partial charge in [-0.25, -0.2) is 0 Å². The molecule has 1 fully saturated rings. The van der Waals surface area contributed by atoms with Crippen molar-refractivity contribution in [3.63, 3.8) is 0 Å². The Morgan fingerprint density at radius 2 is 1.56 bits per heavy atom. The first-order valence-corrected chi connectivity index (χ1v) is 8.58. The number of carbonyl (C=O) groups excluding carboxylic acids is 2. The molecule has 1 saturated heterocycles. The van der Waals surface area contributed by atoms with Gasteiger partial charge < -0.3 is 14.3 Å². The summed E-state index contributed by atoms with van der Waals surface area (Å²) in [6.45, 7) is 7.83. The second kappa shape index (κ2) is 7.09. The Kier molecular flexibility index (Phi) is 4.88. The Balaban J connectivity index is 1.68. The lowest BCUT2D eigenvalue weighted by atomic mass is 10.0. The minimum absolute atomic E-state index is 0.0109. The fraction of sp³-hybridized carbons (Fsp3) is 0.421. The maximum atomic E-state index is 12.9. The van der Waals surface area contributed by atoms with Crippen molar-refractivity contribution < 1.29 is 14.1 Å². The van der Waals surface area contributed by atoms with Gasteiger partial charge in [0.15, 0.2) is 5.76 Å². The summed E-state index contributed by atoms with van der Waals surface area (Å²) in [7, 11) is 0. The summed E-state index contributed by atoms with van der Waals surface area (Å²) in [5.41, 5.74) is 1.87. The van der Waals surface area contributed by atoms with Crippen LogP contribution in [0.2, 0.25) is 0 Å². The smallest absolute Gasteiger partial charge is 0.259 e.